The molecule has 0 aliphatic carbocycles. The Labute approximate surface area is 111 Å². The van der Waals surface area contributed by atoms with E-state index in [2.05, 4.69) is 27.5 Å². The lowest BCUT2D eigenvalue weighted by Crippen LogP contribution is -2.06. The van der Waals surface area contributed by atoms with Crippen LogP contribution >= 0.6 is 0 Å². The Morgan fingerprint density at radius 2 is 2.00 bits per heavy atom. The van der Waals surface area contributed by atoms with E-state index >= 15 is 0 Å². The topological polar surface area (TPSA) is 75.9 Å². The normalized spacial score (nSPS) is 10.2. The zero-order chi connectivity index (χ0) is 13.7. The van der Waals surface area contributed by atoms with E-state index < -0.39 is 0 Å². The van der Waals surface area contributed by atoms with Crippen LogP contribution in [0.4, 0.5) is 27.7 Å². The number of nitrogens with two attached hydrogens (primary N) is 1. The maximum absolute atomic E-state index is 13.1. The number of aromatic nitrogens is 2. The number of nitrogens with zero attached hydrogens (tertiary/aromatic N) is 2. The van der Waals surface area contributed by atoms with Crippen LogP contribution in [0.15, 0.2) is 30.3 Å². The van der Waals surface area contributed by atoms with Crippen LogP contribution < -0.4 is 16.4 Å². The SMILES string of the molecule is CCCNc1cc(Nc2cccc(F)c2)nc(N)n1. The molecule has 1 aromatic carbocycles. The van der Waals surface area contributed by atoms with Gasteiger partial charge in [-0.2, -0.15) is 9.97 Å². The third-order valence-corrected chi connectivity index (χ3v) is 2.40. The predicted molar refractivity (Wildman–Crippen MR) is 74.9 cm³/mol. The third kappa shape index (κ3) is 3.80. The molecule has 0 unspecified atom stereocenters. The van der Waals surface area contributed by atoms with Crippen molar-refractivity contribution in [3.05, 3.63) is 36.1 Å². The molecule has 19 heavy (non-hydrogen) atoms. The minimum Gasteiger partial charge on any atom is -0.370 e. The fourth-order valence-corrected chi connectivity index (χ4v) is 1.59. The number of anilines is 4. The van der Waals surface area contributed by atoms with Gasteiger partial charge in [-0.3, -0.25) is 0 Å². The maximum atomic E-state index is 13.1. The average Bonchev–Trinajstić information content (AvgIpc) is 2.35. The fourth-order valence-electron chi connectivity index (χ4n) is 1.59. The molecular weight excluding hydrogens is 245 g/mol. The number of rotatable bonds is 5. The van der Waals surface area contributed by atoms with Gasteiger partial charge in [0.2, 0.25) is 5.95 Å². The lowest BCUT2D eigenvalue weighted by molar-refractivity contribution is 0.628. The van der Waals surface area contributed by atoms with E-state index in [1.807, 2.05) is 0 Å². The van der Waals surface area contributed by atoms with Crippen LogP contribution in [0.3, 0.4) is 0 Å². The number of hydrogen-bond acceptors (Lipinski definition) is 5. The van der Waals surface area contributed by atoms with Crippen molar-refractivity contribution in [2.75, 3.05) is 22.9 Å². The van der Waals surface area contributed by atoms with Crippen molar-refractivity contribution >= 4 is 23.3 Å². The Balaban J connectivity index is 2.17. The molecule has 100 valence electrons. The third-order valence-electron chi connectivity index (χ3n) is 2.40. The second-order valence-electron chi connectivity index (χ2n) is 4.06. The second-order valence-corrected chi connectivity index (χ2v) is 4.06. The maximum Gasteiger partial charge on any atom is 0.223 e. The van der Waals surface area contributed by atoms with Gasteiger partial charge in [0.15, 0.2) is 0 Å². The van der Waals surface area contributed by atoms with Crippen molar-refractivity contribution in [2.45, 2.75) is 13.3 Å². The Morgan fingerprint density at radius 1 is 1.21 bits per heavy atom. The number of hydrogen-bond donors (Lipinski definition) is 3. The molecule has 0 spiro atoms. The van der Waals surface area contributed by atoms with Crippen molar-refractivity contribution in [3.8, 4) is 0 Å². The van der Waals surface area contributed by atoms with Crippen molar-refractivity contribution in [1.82, 2.24) is 9.97 Å². The Hall–Kier alpha value is -2.37. The average molecular weight is 261 g/mol. The Kier molecular flexibility index (Phi) is 4.12. The zero-order valence-corrected chi connectivity index (χ0v) is 10.7. The van der Waals surface area contributed by atoms with E-state index in [1.165, 1.54) is 12.1 Å². The lowest BCUT2D eigenvalue weighted by atomic mass is 10.3. The Bertz CT molecular complexity index is 558. The highest BCUT2D eigenvalue weighted by Gasteiger charge is 2.03. The Morgan fingerprint density at radius 3 is 2.74 bits per heavy atom. The predicted octanol–water partition coefficient (Wildman–Crippen LogP) is 2.76. The highest BCUT2D eigenvalue weighted by atomic mass is 19.1. The molecule has 0 aliphatic heterocycles. The molecule has 0 atom stereocenters. The van der Waals surface area contributed by atoms with Crippen molar-refractivity contribution in [3.63, 3.8) is 0 Å². The quantitative estimate of drug-likeness (QED) is 0.771. The van der Waals surface area contributed by atoms with Gasteiger partial charge in [0, 0.05) is 18.3 Å². The van der Waals surface area contributed by atoms with E-state index in [4.69, 9.17) is 5.73 Å². The largest absolute Gasteiger partial charge is 0.370 e. The van der Waals surface area contributed by atoms with Crippen molar-refractivity contribution in [2.24, 2.45) is 0 Å². The van der Waals surface area contributed by atoms with Gasteiger partial charge in [0.05, 0.1) is 0 Å². The van der Waals surface area contributed by atoms with Crippen LogP contribution in [0.2, 0.25) is 0 Å². The lowest BCUT2D eigenvalue weighted by Gasteiger charge is -2.09. The van der Waals surface area contributed by atoms with E-state index in [-0.39, 0.29) is 11.8 Å². The molecule has 5 nitrogen and oxygen atoms in total. The van der Waals surface area contributed by atoms with Crippen LogP contribution in [-0.4, -0.2) is 16.5 Å². The van der Waals surface area contributed by atoms with Crippen molar-refractivity contribution in [1.29, 1.82) is 0 Å². The number of halogens is 1. The van der Waals surface area contributed by atoms with Gasteiger partial charge in [-0.15, -0.1) is 0 Å². The summed E-state index contributed by atoms with van der Waals surface area (Å²) in [6, 6.07) is 7.88. The molecule has 2 aromatic rings. The van der Waals surface area contributed by atoms with Gasteiger partial charge in [0.1, 0.15) is 17.5 Å². The fraction of sp³-hybridized carbons (Fsp3) is 0.231. The molecule has 6 heteroatoms. The highest BCUT2D eigenvalue weighted by Crippen LogP contribution is 2.18. The first-order chi connectivity index (χ1) is 9.17. The van der Waals surface area contributed by atoms with Crippen LogP contribution in [0, 0.1) is 5.82 Å². The summed E-state index contributed by atoms with van der Waals surface area (Å²) in [7, 11) is 0. The number of benzene rings is 1. The highest BCUT2D eigenvalue weighted by molar-refractivity contribution is 5.60. The summed E-state index contributed by atoms with van der Waals surface area (Å²) in [4.78, 5) is 8.13. The van der Waals surface area contributed by atoms with E-state index in [0.29, 0.717) is 17.3 Å². The summed E-state index contributed by atoms with van der Waals surface area (Å²) in [5.41, 5.74) is 6.25. The molecule has 0 fully saturated rings. The molecule has 1 heterocycles. The van der Waals surface area contributed by atoms with Gasteiger partial charge >= 0.3 is 0 Å². The summed E-state index contributed by atoms with van der Waals surface area (Å²) in [5, 5.41) is 6.12. The van der Waals surface area contributed by atoms with E-state index in [0.717, 1.165) is 13.0 Å². The second kappa shape index (κ2) is 5.99. The molecule has 2 rings (SSSR count). The number of nitrogen functional groups attached to an aromatic ring is 1. The molecule has 0 saturated carbocycles. The molecule has 0 radical (unpaired) electrons. The first-order valence-electron chi connectivity index (χ1n) is 6.08. The van der Waals surface area contributed by atoms with Crippen LogP contribution in [0.25, 0.3) is 0 Å². The van der Waals surface area contributed by atoms with Gasteiger partial charge in [-0.1, -0.05) is 13.0 Å². The summed E-state index contributed by atoms with van der Waals surface area (Å²) in [5.74, 6) is 1.03. The molecule has 0 amide bonds. The zero-order valence-electron chi connectivity index (χ0n) is 10.7. The summed E-state index contributed by atoms with van der Waals surface area (Å²) >= 11 is 0. The number of nitrogens with one attached hydrogen (secondary N) is 2. The van der Waals surface area contributed by atoms with Gasteiger partial charge in [0.25, 0.3) is 0 Å². The van der Waals surface area contributed by atoms with Crippen LogP contribution in [-0.2, 0) is 0 Å². The summed E-state index contributed by atoms with van der Waals surface area (Å²) in [6.07, 6.45) is 0.983. The molecule has 1 aromatic heterocycles. The van der Waals surface area contributed by atoms with Gasteiger partial charge in [-0.25, -0.2) is 4.39 Å². The van der Waals surface area contributed by atoms with E-state index in [9.17, 15) is 4.39 Å². The monoisotopic (exact) mass is 261 g/mol. The first kappa shape index (κ1) is 13.1. The minimum absolute atomic E-state index is 0.167. The van der Waals surface area contributed by atoms with Crippen LogP contribution in [0.5, 0.6) is 0 Å². The molecular formula is C13H16FN5. The van der Waals surface area contributed by atoms with E-state index in [1.54, 1.807) is 18.2 Å². The summed E-state index contributed by atoms with van der Waals surface area (Å²) < 4.78 is 13.1. The molecule has 4 N–H and O–H groups in total. The van der Waals surface area contributed by atoms with Gasteiger partial charge < -0.3 is 16.4 Å². The smallest absolute Gasteiger partial charge is 0.223 e. The van der Waals surface area contributed by atoms with Crippen LogP contribution in [0.1, 0.15) is 13.3 Å². The molecule has 0 aliphatic rings. The molecule has 0 saturated heterocycles. The standard InChI is InChI=1S/C13H16FN5/c1-2-6-16-11-8-12(19-13(15)18-11)17-10-5-3-4-9(14)7-10/h3-5,7-8H,2,6H2,1H3,(H4,15,16,17,18,19). The first-order valence-corrected chi connectivity index (χ1v) is 6.08. The summed E-state index contributed by atoms with van der Waals surface area (Å²) in [6.45, 7) is 2.86. The molecule has 0 bridgehead atoms. The van der Waals surface area contributed by atoms with Crippen molar-refractivity contribution < 1.29 is 4.39 Å². The minimum atomic E-state index is -0.309. The van der Waals surface area contributed by atoms with Gasteiger partial charge in [-0.05, 0) is 24.6 Å².